The lowest BCUT2D eigenvalue weighted by atomic mass is 9.84. The number of piperidine rings is 3. The molecule has 3 saturated heterocycles. The molecule has 0 saturated carbocycles. The Hall–Kier alpha value is -1.50. The van der Waals surface area contributed by atoms with Crippen molar-refractivity contribution in [3.8, 4) is 5.75 Å². The van der Waals surface area contributed by atoms with Crippen molar-refractivity contribution in [2.45, 2.75) is 28.7 Å². The summed E-state index contributed by atoms with van der Waals surface area (Å²) in [6, 6.07) is 9.37. The van der Waals surface area contributed by atoms with Crippen molar-refractivity contribution in [2.24, 2.45) is 5.92 Å². The second-order valence-electron chi connectivity index (χ2n) is 6.46. The highest BCUT2D eigenvalue weighted by Gasteiger charge is 2.35. The first-order chi connectivity index (χ1) is 11.7. The highest BCUT2D eigenvalue weighted by atomic mass is 32.2. The number of phenolic OH excluding ortho intramolecular Hbond substituents is 1. The number of phenols is 1. The second-order valence-corrected chi connectivity index (χ2v) is 8.52. The van der Waals surface area contributed by atoms with Crippen LogP contribution in [0, 0.1) is 5.92 Å². The predicted octanol–water partition coefficient (Wildman–Crippen LogP) is 3.43. The molecule has 126 valence electrons. The standard InChI is InChI=1S/C18H20N2O2S2/c21-13-1-3-14(4-2-13)24-15-9-17(23-11-15)18(22)19-16-10-20-7-5-12(16)6-8-20/h1-4,9,11-12,16,21H,5-8,10H2,(H,19,22). The van der Waals surface area contributed by atoms with Gasteiger partial charge in [0.05, 0.1) is 4.88 Å². The van der Waals surface area contributed by atoms with Gasteiger partial charge in [0.2, 0.25) is 0 Å². The van der Waals surface area contributed by atoms with E-state index in [1.54, 1.807) is 23.9 Å². The van der Waals surface area contributed by atoms with Crippen molar-refractivity contribution < 1.29 is 9.90 Å². The van der Waals surface area contributed by atoms with E-state index in [4.69, 9.17) is 0 Å². The van der Waals surface area contributed by atoms with Crippen LogP contribution >= 0.6 is 23.1 Å². The molecule has 3 aliphatic rings. The summed E-state index contributed by atoms with van der Waals surface area (Å²) >= 11 is 3.10. The predicted molar refractivity (Wildman–Crippen MR) is 97.0 cm³/mol. The number of benzene rings is 1. The van der Waals surface area contributed by atoms with Crippen molar-refractivity contribution in [1.29, 1.82) is 0 Å². The third-order valence-electron chi connectivity index (χ3n) is 4.84. The van der Waals surface area contributed by atoms with Gasteiger partial charge in [-0.25, -0.2) is 0 Å². The molecule has 2 bridgehead atoms. The summed E-state index contributed by atoms with van der Waals surface area (Å²) in [4.78, 5) is 17.9. The van der Waals surface area contributed by atoms with E-state index in [1.165, 1.54) is 37.3 Å². The Morgan fingerprint density at radius 1 is 1.21 bits per heavy atom. The molecule has 2 aromatic rings. The number of nitrogens with zero attached hydrogens (tertiary/aromatic N) is 1. The molecule has 3 fully saturated rings. The number of hydrogen-bond acceptors (Lipinski definition) is 5. The van der Waals surface area contributed by atoms with Gasteiger partial charge in [0.25, 0.3) is 5.91 Å². The van der Waals surface area contributed by atoms with E-state index >= 15 is 0 Å². The van der Waals surface area contributed by atoms with Gasteiger partial charge in [-0.3, -0.25) is 4.79 Å². The van der Waals surface area contributed by atoms with Crippen molar-refractivity contribution in [3.63, 3.8) is 0 Å². The molecule has 1 unspecified atom stereocenters. The van der Waals surface area contributed by atoms with Crippen LogP contribution in [0.4, 0.5) is 0 Å². The number of rotatable bonds is 4. The van der Waals surface area contributed by atoms with Gasteiger partial charge >= 0.3 is 0 Å². The first kappa shape index (κ1) is 16.0. The number of fused-ring (bicyclic) bond motifs is 3. The fourth-order valence-electron chi connectivity index (χ4n) is 3.51. The molecule has 1 aromatic heterocycles. The minimum Gasteiger partial charge on any atom is -0.508 e. The molecule has 24 heavy (non-hydrogen) atoms. The largest absolute Gasteiger partial charge is 0.508 e. The lowest BCUT2D eigenvalue weighted by molar-refractivity contribution is 0.0622. The number of thiophene rings is 1. The normalized spacial score (nSPS) is 25.6. The highest BCUT2D eigenvalue weighted by Crippen LogP contribution is 2.33. The molecule has 0 aliphatic carbocycles. The quantitative estimate of drug-likeness (QED) is 0.877. The summed E-state index contributed by atoms with van der Waals surface area (Å²) in [5, 5.41) is 14.6. The lowest BCUT2D eigenvalue weighted by Gasteiger charge is -2.44. The molecular weight excluding hydrogens is 340 g/mol. The topological polar surface area (TPSA) is 52.6 Å². The van der Waals surface area contributed by atoms with E-state index in [0.717, 1.165) is 21.2 Å². The Kier molecular flexibility index (Phi) is 4.52. The maximum atomic E-state index is 12.5. The number of carbonyl (C=O) groups excluding carboxylic acids is 1. The summed E-state index contributed by atoms with van der Waals surface area (Å²) < 4.78 is 0. The van der Waals surface area contributed by atoms with Crippen LogP contribution in [-0.4, -0.2) is 41.6 Å². The number of carbonyl (C=O) groups is 1. The zero-order valence-corrected chi connectivity index (χ0v) is 14.9. The third-order valence-corrected chi connectivity index (χ3v) is 6.90. The second kappa shape index (κ2) is 6.78. The summed E-state index contributed by atoms with van der Waals surface area (Å²) in [7, 11) is 0. The Bertz CT molecular complexity index is 721. The molecule has 6 heteroatoms. The average Bonchev–Trinajstić information content (AvgIpc) is 3.07. The van der Waals surface area contributed by atoms with Gasteiger partial charge < -0.3 is 15.3 Å². The Morgan fingerprint density at radius 2 is 1.96 bits per heavy atom. The van der Waals surface area contributed by atoms with Gasteiger partial charge in [-0.15, -0.1) is 11.3 Å². The first-order valence-electron chi connectivity index (χ1n) is 8.26. The maximum Gasteiger partial charge on any atom is 0.261 e. The van der Waals surface area contributed by atoms with Crippen LogP contribution in [0.1, 0.15) is 22.5 Å². The lowest BCUT2D eigenvalue weighted by Crippen LogP contribution is -2.57. The monoisotopic (exact) mass is 360 g/mol. The summed E-state index contributed by atoms with van der Waals surface area (Å²) in [5.41, 5.74) is 0. The fourth-order valence-corrected chi connectivity index (χ4v) is 5.31. The summed E-state index contributed by atoms with van der Waals surface area (Å²) in [6.45, 7) is 3.36. The molecule has 4 heterocycles. The van der Waals surface area contributed by atoms with Crippen molar-refractivity contribution in [3.05, 3.63) is 40.6 Å². The van der Waals surface area contributed by atoms with Crippen LogP contribution in [0.3, 0.4) is 0 Å². The molecule has 2 N–H and O–H groups in total. The van der Waals surface area contributed by atoms with Crippen LogP contribution in [0.15, 0.2) is 45.5 Å². The minimum atomic E-state index is 0.0521. The minimum absolute atomic E-state index is 0.0521. The molecule has 1 atom stereocenters. The highest BCUT2D eigenvalue weighted by molar-refractivity contribution is 7.99. The van der Waals surface area contributed by atoms with E-state index in [9.17, 15) is 9.90 Å². The zero-order valence-electron chi connectivity index (χ0n) is 13.3. The van der Waals surface area contributed by atoms with Crippen molar-refractivity contribution in [1.82, 2.24) is 10.2 Å². The Morgan fingerprint density at radius 3 is 2.62 bits per heavy atom. The average molecular weight is 361 g/mol. The van der Waals surface area contributed by atoms with Gasteiger partial charge in [0.1, 0.15) is 5.75 Å². The van der Waals surface area contributed by atoms with E-state index in [2.05, 4.69) is 10.2 Å². The van der Waals surface area contributed by atoms with Gasteiger partial charge in [0, 0.05) is 27.8 Å². The van der Waals surface area contributed by atoms with E-state index in [0.29, 0.717) is 12.0 Å². The number of amides is 1. The van der Waals surface area contributed by atoms with Crippen LogP contribution in [0.25, 0.3) is 0 Å². The maximum absolute atomic E-state index is 12.5. The van der Waals surface area contributed by atoms with Crippen LogP contribution < -0.4 is 5.32 Å². The van der Waals surface area contributed by atoms with E-state index in [-0.39, 0.29) is 11.7 Å². The number of hydrogen-bond donors (Lipinski definition) is 2. The van der Waals surface area contributed by atoms with Gasteiger partial charge in [-0.1, -0.05) is 11.8 Å². The third kappa shape index (κ3) is 3.45. The molecule has 1 aromatic carbocycles. The fraction of sp³-hybridized carbons (Fsp3) is 0.389. The van der Waals surface area contributed by atoms with Crippen molar-refractivity contribution >= 4 is 29.0 Å². The van der Waals surface area contributed by atoms with E-state index in [1.807, 2.05) is 23.6 Å². The Labute approximate surface area is 149 Å². The Balaban J connectivity index is 1.39. The number of aromatic hydroxyl groups is 1. The molecule has 0 radical (unpaired) electrons. The molecular formula is C18H20N2O2S2. The van der Waals surface area contributed by atoms with Crippen LogP contribution in [-0.2, 0) is 0 Å². The SMILES string of the molecule is O=C(NC1CN2CCC1CC2)c1cc(Sc2ccc(O)cc2)cs1. The molecule has 0 spiro atoms. The molecule has 3 aliphatic heterocycles. The van der Waals surface area contributed by atoms with E-state index < -0.39 is 0 Å². The molecule has 4 nitrogen and oxygen atoms in total. The summed E-state index contributed by atoms with van der Waals surface area (Å²) in [5.74, 6) is 0.961. The van der Waals surface area contributed by atoms with Gasteiger partial charge in [-0.05, 0) is 62.2 Å². The molecule has 5 rings (SSSR count). The summed E-state index contributed by atoms with van der Waals surface area (Å²) in [6.07, 6.45) is 2.41. The van der Waals surface area contributed by atoms with Crippen molar-refractivity contribution in [2.75, 3.05) is 19.6 Å². The smallest absolute Gasteiger partial charge is 0.261 e. The molecule has 1 amide bonds. The van der Waals surface area contributed by atoms with Crippen LogP contribution in [0.2, 0.25) is 0 Å². The van der Waals surface area contributed by atoms with Gasteiger partial charge in [-0.2, -0.15) is 0 Å². The van der Waals surface area contributed by atoms with Crippen LogP contribution in [0.5, 0.6) is 5.75 Å². The first-order valence-corrected chi connectivity index (χ1v) is 9.95. The van der Waals surface area contributed by atoms with Gasteiger partial charge in [0.15, 0.2) is 0 Å². The number of nitrogens with one attached hydrogen (secondary N) is 1. The zero-order chi connectivity index (χ0) is 16.5.